The van der Waals surface area contributed by atoms with Crippen LogP contribution >= 0.6 is 0 Å². The predicted octanol–water partition coefficient (Wildman–Crippen LogP) is 2.45. The molecular weight excluding hydrogens is 226 g/mol. The van der Waals surface area contributed by atoms with Gasteiger partial charge in [-0.25, -0.2) is 9.97 Å². The van der Waals surface area contributed by atoms with E-state index in [0.29, 0.717) is 18.4 Å². The highest BCUT2D eigenvalue weighted by molar-refractivity contribution is 5.78. The highest BCUT2D eigenvalue weighted by atomic mass is 16.3. The number of aliphatic hydroxyl groups is 1. The molecule has 0 aliphatic carbocycles. The zero-order valence-corrected chi connectivity index (χ0v) is 10.8. The van der Waals surface area contributed by atoms with Crippen LogP contribution in [-0.4, -0.2) is 27.7 Å². The van der Waals surface area contributed by atoms with Crippen molar-refractivity contribution in [2.75, 3.05) is 11.9 Å². The van der Waals surface area contributed by atoms with Gasteiger partial charge in [-0.3, -0.25) is 0 Å². The molecule has 2 aromatic rings. The van der Waals surface area contributed by atoms with Gasteiger partial charge in [-0.2, -0.15) is 0 Å². The van der Waals surface area contributed by atoms with Crippen molar-refractivity contribution >= 4 is 16.9 Å². The number of para-hydroxylation sites is 1. The lowest BCUT2D eigenvalue weighted by molar-refractivity contribution is 0.161. The molecule has 2 rings (SSSR count). The summed E-state index contributed by atoms with van der Waals surface area (Å²) in [6, 6.07) is 7.84. The molecule has 2 N–H and O–H groups in total. The summed E-state index contributed by atoms with van der Waals surface area (Å²) in [6.07, 6.45) is 2.21. The number of hydrogen-bond acceptors (Lipinski definition) is 4. The predicted molar refractivity (Wildman–Crippen MR) is 73.5 cm³/mol. The van der Waals surface area contributed by atoms with E-state index in [0.717, 1.165) is 17.3 Å². The topological polar surface area (TPSA) is 58.0 Å². The van der Waals surface area contributed by atoms with E-state index in [4.69, 9.17) is 0 Å². The Bertz CT molecular complexity index is 513. The van der Waals surface area contributed by atoms with Crippen LogP contribution < -0.4 is 5.32 Å². The fourth-order valence-corrected chi connectivity index (χ4v) is 1.89. The zero-order chi connectivity index (χ0) is 13.0. The molecule has 0 spiro atoms. The summed E-state index contributed by atoms with van der Waals surface area (Å²) < 4.78 is 0. The monoisotopic (exact) mass is 245 g/mol. The van der Waals surface area contributed by atoms with Crippen LogP contribution in [0.5, 0.6) is 0 Å². The molecule has 1 unspecified atom stereocenters. The average Bonchev–Trinajstić information content (AvgIpc) is 2.35. The summed E-state index contributed by atoms with van der Waals surface area (Å²) in [5.74, 6) is 1.05. The second kappa shape index (κ2) is 5.78. The van der Waals surface area contributed by atoms with Gasteiger partial charge in [0.25, 0.3) is 0 Å². The third-order valence-corrected chi connectivity index (χ3v) is 2.73. The molecule has 1 aromatic heterocycles. The summed E-state index contributed by atoms with van der Waals surface area (Å²) in [4.78, 5) is 8.62. The Morgan fingerprint density at radius 1 is 1.28 bits per heavy atom. The number of fused-ring (bicyclic) bond motifs is 1. The number of benzene rings is 1. The fourth-order valence-electron chi connectivity index (χ4n) is 1.89. The van der Waals surface area contributed by atoms with Gasteiger partial charge >= 0.3 is 0 Å². The van der Waals surface area contributed by atoms with Crippen molar-refractivity contribution in [3.8, 4) is 0 Å². The molecule has 0 saturated heterocycles. The van der Waals surface area contributed by atoms with Crippen molar-refractivity contribution < 1.29 is 5.11 Å². The molecule has 1 aromatic carbocycles. The van der Waals surface area contributed by atoms with E-state index in [2.05, 4.69) is 29.1 Å². The Balaban J connectivity index is 1.99. The highest BCUT2D eigenvalue weighted by Gasteiger charge is 2.07. The number of anilines is 1. The molecule has 0 fully saturated rings. The first kappa shape index (κ1) is 12.8. The van der Waals surface area contributed by atoms with Crippen molar-refractivity contribution in [3.05, 3.63) is 30.5 Å². The Kier molecular flexibility index (Phi) is 4.10. The second-order valence-electron chi connectivity index (χ2n) is 4.92. The molecule has 18 heavy (non-hydrogen) atoms. The SMILES string of the molecule is CC(C)CC(O)CNc1ncc2ccccc2n1. The van der Waals surface area contributed by atoms with E-state index in [-0.39, 0.29) is 6.10 Å². The number of rotatable bonds is 5. The van der Waals surface area contributed by atoms with Crippen LogP contribution in [0.4, 0.5) is 5.95 Å². The van der Waals surface area contributed by atoms with E-state index >= 15 is 0 Å². The van der Waals surface area contributed by atoms with Crippen molar-refractivity contribution in [1.29, 1.82) is 0 Å². The third-order valence-electron chi connectivity index (χ3n) is 2.73. The maximum Gasteiger partial charge on any atom is 0.223 e. The summed E-state index contributed by atoms with van der Waals surface area (Å²) in [6.45, 7) is 4.67. The van der Waals surface area contributed by atoms with Gasteiger partial charge in [0.05, 0.1) is 11.6 Å². The molecule has 1 heterocycles. The maximum atomic E-state index is 9.78. The number of hydrogen-bond donors (Lipinski definition) is 2. The van der Waals surface area contributed by atoms with Crippen molar-refractivity contribution in [2.45, 2.75) is 26.4 Å². The molecule has 0 saturated carbocycles. The first-order valence-corrected chi connectivity index (χ1v) is 6.29. The van der Waals surface area contributed by atoms with Crippen LogP contribution in [0.2, 0.25) is 0 Å². The minimum atomic E-state index is -0.361. The van der Waals surface area contributed by atoms with Gasteiger partial charge < -0.3 is 10.4 Å². The van der Waals surface area contributed by atoms with Gasteiger partial charge in [0, 0.05) is 18.1 Å². The highest BCUT2D eigenvalue weighted by Crippen LogP contribution is 2.12. The summed E-state index contributed by atoms with van der Waals surface area (Å²) in [5.41, 5.74) is 0.911. The van der Waals surface area contributed by atoms with Crippen molar-refractivity contribution in [2.24, 2.45) is 5.92 Å². The van der Waals surface area contributed by atoms with Gasteiger partial charge in [0.2, 0.25) is 5.95 Å². The lowest BCUT2D eigenvalue weighted by atomic mass is 10.1. The fraction of sp³-hybridized carbons (Fsp3) is 0.429. The van der Waals surface area contributed by atoms with Crippen molar-refractivity contribution in [1.82, 2.24) is 9.97 Å². The maximum absolute atomic E-state index is 9.78. The number of aliphatic hydroxyl groups excluding tert-OH is 1. The standard InChI is InChI=1S/C14H19N3O/c1-10(2)7-12(18)9-16-14-15-8-11-5-3-4-6-13(11)17-14/h3-6,8,10,12,18H,7,9H2,1-2H3,(H,15,16,17). The lowest BCUT2D eigenvalue weighted by Gasteiger charge is -2.13. The van der Waals surface area contributed by atoms with Crippen LogP contribution in [-0.2, 0) is 0 Å². The van der Waals surface area contributed by atoms with E-state index < -0.39 is 0 Å². The summed E-state index contributed by atoms with van der Waals surface area (Å²) in [7, 11) is 0. The third kappa shape index (κ3) is 3.40. The van der Waals surface area contributed by atoms with E-state index in [1.54, 1.807) is 6.20 Å². The number of nitrogens with zero attached hydrogens (tertiary/aromatic N) is 2. The smallest absolute Gasteiger partial charge is 0.223 e. The molecule has 96 valence electrons. The minimum absolute atomic E-state index is 0.361. The van der Waals surface area contributed by atoms with E-state index in [1.807, 2.05) is 24.3 Å². The first-order valence-electron chi connectivity index (χ1n) is 6.29. The van der Waals surface area contributed by atoms with Gasteiger partial charge in [-0.15, -0.1) is 0 Å². The first-order chi connectivity index (χ1) is 8.65. The summed E-state index contributed by atoms with van der Waals surface area (Å²) >= 11 is 0. The Hall–Kier alpha value is -1.68. The molecule has 0 amide bonds. The molecule has 1 atom stereocenters. The Morgan fingerprint density at radius 3 is 2.83 bits per heavy atom. The Morgan fingerprint density at radius 2 is 2.06 bits per heavy atom. The van der Waals surface area contributed by atoms with Gasteiger partial charge in [0.1, 0.15) is 0 Å². The van der Waals surface area contributed by atoms with Crippen LogP contribution in [0.15, 0.2) is 30.5 Å². The van der Waals surface area contributed by atoms with Crippen LogP contribution in [0.1, 0.15) is 20.3 Å². The van der Waals surface area contributed by atoms with E-state index in [1.165, 1.54) is 0 Å². The lowest BCUT2D eigenvalue weighted by Crippen LogP contribution is -2.22. The van der Waals surface area contributed by atoms with Gasteiger partial charge in [-0.1, -0.05) is 32.0 Å². The minimum Gasteiger partial charge on any atom is -0.391 e. The zero-order valence-electron chi connectivity index (χ0n) is 10.8. The van der Waals surface area contributed by atoms with E-state index in [9.17, 15) is 5.11 Å². The molecular formula is C14H19N3O. The van der Waals surface area contributed by atoms with Crippen LogP contribution in [0, 0.1) is 5.92 Å². The number of aromatic nitrogens is 2. The Labute approximate surface area is 107 Å². The second-order valence-corrected chi connectivity index (χ2v) is 4.92. The van der Waals surface area contributed by atoms with Gasteiger partial charge in [0.15, 0.2) is 0 Å². The molecule has 4 heteroatoms. The molecule has 0 bridgehead atoms. The number of nitrogens with one attached hydrogen (secondary N) is 1. The average molecular weight is 245 g/mol. The van der Waals surface area contributed by atoms with Crippen molar-refractivity contribution in [3.63, 3.8) is 0 Å². The molecule has 0 aliphatic rings. The normalized spacial score (nSPS) is 12.9. The summed E-state index contributed by atoms with van der Waals surface area (Å²) in [5, 5.41) is 13.9. The quantitative estimate of drug-likeness (QED) is 0.849. The van der Waals surface area contributed by atoms with Crippen LogP contribution in [0.25, 0.3) is 10.9 Å². The molecule has 0 radical (unpaired) electrons. The molecule has 4 nitrogen and oxygen atoms in total. The molecule has 0 aliphatic heterocycles. The van der Waals surface area contributed by atoms with Gasteiger partial charge in [-0.05, 0) is 18.4 Å². The largest absolute Gasteiger partial charge is 0.391 e. The van der Waals surface area contributed by atoms with Crippen LogP contribution in [0.3, 0.4) is 0 Å².